The van der Waals surface area contributed by atoms with Gasteiger partial charge in [0.15, 0.2) is 0 Å². The number of amides is 1. The molecular weight excluding hydrogens is 290 g/mol. The zero-order valence-electron chi connectivity index (χ0n) is 8.44. The van der Waals surface area contributed by atoms with Crippen molar-refractivity contribution in [1.29, 1.82) is 0 Å². The Morgan fingerprint density at radius 1 is 1.24 bits per heavy atom. The van der Waals surface area contributed by atoms with Crippen molar-refractivity contribution in [3.05, 3.63) is 35.6 Å². The first-order valence-corrected chi connectivity index (χ1v) is 5.73. The zero-order valence-corrected chi connectivity index (χ0v) is 10.0. The maximum Gasteiger partial charge on any atom is 0.235 e. The molecule has 17 heavy (non-hydrogen) atoms. The number of nitrogens with zero attached hydrogens (tertiary/aromatic N) is 2. The average molecular weight is 296 g/mol. The molecule has 6 nitrogen and oxygen atoms in total. The number of carbonyl (C=O) groups is 3. The maximum atomic E-state index is 11.9. The van der Waals surface area contributed by atoms with Gasteiger partial charge in [0.25, 0.3) is 0 Å². The molecule has 1 aromatic heterocycles. The Labute approximate surface area is 104 Å². The molecule has 0 bridgehead atoms. The molecule has 0 aromatic carbocycles. The van der Waals surface area contributed by atoms with Gasteiger partial charge < -0.3 is 5.32 Å². The van der Waals surface area contributed by atoms with Crippen molar-refractivity contribution in [3.63, 3.8) is 0 Å². The second-order valence-corrected chi connectivity index (χ2v) is 3.75. The number of rotatable bonds is 2. The molecule has 86 valence electrons. The molecule has 0 radical (unpaired) electrons. The van der Waals surface area contributed by atoms with E-state index < -0.39 is 17.5 Å². The standard InChI is InChI=1S/C10H6BrN3O3/c11-4-7(16)14-5-3-6(15)8-9(10(5)17)13-2-1-12-8/h1-3H,4H2,(H,14,16). The van der Waals surface area contributed by atoms with E-state index in [0.29, 0.717) is 0 Å². The van der Waals surface area contributed by atoms with Gasteiger partial charge in [0.1, 0.15) is 11.4 Å². The van der Waals surface area contributed by atoms with Crippen LogP contribution in [-0.2, 0) is 4.79 Å². The van der Waals surface area contributed by atoms with Gasteiger partial charge in [-0.25, -0.2) is 9.97 Å². The Balaban J connectivity index is 2.38. The number of ketones is 2. The molecule has 0 fully saturated rings. The van der Waals surface area contributed by atoms with Crippen molar-refractivity contribution in [2.75, 3.05) is 5.33 Å². The predicted molar refractivity (Wildman–Crippen MR) is 60.7 cm³/mol. The van der Waals surface area contributed by atoms with E-state index in [2.05, 4.69) is 31.2 Å². The van der Waals surface area contributed by atoms with E-state index >= 15 is 0 Å². The fourth-order valence-corrected chi connectivity index (χ4v) is 1.49. The molecule has 1 N–H and O–H groups in total. The molecule has 0 spiro atoms. The van der Waals surface area contributed by atoms with Crippen molar-refractivity contribution in [2.24, 2.45) is 0 Å². The number of hydrogen-bond acceptors (Lipinski definition) is 5. The second-order valence-electron chi connectivity index (χ2n) is 3.19. The van der Waals surface area contributed by atoms with Crippen molar-refractivity contribution < 1.29 is 14.4 Å². The average Bonchev–Trinajstić information content (AvgIpc) is 2.35. The Morgan fingerprint density at radius 2 is 1.88 bits per heavy atom. The van der Waals surface area contributed by atoms with Crippen LogP contribution in [0.25, 0.3) is 0 Å². The summed E-state index contributed by atoms with van der Waals surface area (Å²) in [6.07, 6.45) is 3.71. The van der Waals surface area contributed by atoms with Gasteiger partial charge in [0, 0.05) is 18.5 Å². The number of carbonyl (C=O) groups excluding carboxylic acids is 3. The van der Waals surface area contributed by atoms with Gasteiger partial charge >= 0.3 is 0 Å². The number of halogens is 1. The number of alkyl halides is 1. The molecule has 0 aliphatic heterocycles. The normalized spacial score (nSPS) is 14.1. The van der Waals surface area contributed by atoms with E-state index in [1.54, 1.807) is 0 Å². The van der Waals surface area contributed by atoms with Crippen LogP contribution in [0.5, 0.6) is 0 Å². The van der Waals surface area contributed by atoms with Gasteiger partial charge in [-0.05, 0) is 0 Å². The number of nitrogens with one attached hydrogen (secondary N) is 1. The monoisotopic (exact) mass is 295 g/mol. The summed E-state index contributed by atoms with van der Waals surface area (Å²) < 4.78 is 0. The van der Waals surface area contributed by atoms with Crippen LogP contribution in [0.3, 0.4) is 0 Å². The van der Waals surface area contributed by atoms with Crippen molar-refractivity contribution >= 4 is 33.4 Å². The third kappa shape index (κ3) is 2.14. The summed E-state index contributed by atoms with van der Waals surface area (Å²) in [5.41, 5.74) is -0.105. The number of hydrogen-bond donors (Lipinski definition) is 1. The van der Waals surface area contributed by atoms with Crippen LogP contribution in [0.2, 0.25) is 0 Å². The third-order valence-corrected chi connectivity index (χ3v) is 2.57. The van der Waals surface area contributed by atoms with E-state index in [0.717, 1.165) is 6.08 Å². The first-order chi connectivity index (χ1) is 8.13. The lowest BCUT2D eigenvalue weighted by molar-refractivity contribution is -0.117. The lowest BCUT2D eigenvalue weighted by Crippen LogP contribution is -2.32. The highest BCUT2D eigenvalue weighted by atomic mass is 79.9. The molecule has 0 unspecified atom stereocenters. The fraction of sp³-hybridized carbons (Fsp3) is 0.100. The number of Topliss-reactive ketones (excluding diaryl/α,β-unsaturated/α-hetero) is 1. The van der Waals surface area contributed by atoms with Crippen LogP contribution in [0.4, 0.5) is 0 Å². The summed E-state index contributed by atoms with van der Waals surface area (Å²) in [6, 6.07) is 0. The molecule has 1 aliphatic carbocycles. The summed E-state index contributed by atoms with van der Waals surface area (Å²) in [5, 5.41) is 2.37. The second kappa shape index (κ2) is 4.54. The molecule has 0 saturated heterocycles. The van der Waals surface area contributed by atoms with Crippen LogP contribution < -0.4 is 5.32 Å². The minimum absolute atomic E-state index is 0.00865. The minimum Gasteiger partial charge on any atom is -0.322 e. The highest BCUT2D eigenvalue weighted by molar-refractivity contribution is 9.09. The van der Waals surface area contributed by atoms with Crippen LogP contribution in [0.1, 0.15) is 21.0 Å². The van der Waals surface area contributed by atoms with E-state index in [4.69, 9.17) is 0 Å². The van der Waals surface area contributed by atoms with E-state index in [1.165, 1.54) is 12.4 Å². The summed E-state index contributed by atoms with van der Waals surface area (Å²) >= 11 is 2.94. The van der Waals surface area contributed by atoms with Crippen molar-refractivity contribution in [3.8, 4) is 0 Å². The molecule has 1 aliphatic rings. The lowest BCUT2D eigenvalue weighted by Gasteiger charge is -2.13. The minimum atomic E-state index is -0.512. The fourth-order valence-electron chi connectivity index (χ4n) is 1.35. The van der Waals surface area contributed by atoms with Crippen molar-refractivity contribution in [1.82, 2.24) is 15.3 Å². The van der Waals surface area contributed by atoms with E-state index in [1.807, 2.05) is 0 Å². The van der Waals surface area contributed by atoms with Gasteiger partial charge in [-0.2, -0.15) is 0 Å². The molecule has 1 amide bonds. The Morgan fingerprint density at radius 3 is 2.53 bits per heavy atom. The maximum absolute atomic E-state index is 11.9. The van der Waals surface area contributed by atoms with Gasteiger partial charge in [0.2, 0.25) is 17.5 Å². The molecule has 2 rings (SSSR count). The number of allylic oxidation sites excluding steroid dienone is 2. The smallest absolute Gasteiger partial charge is 0.235 e. The molecule has 1 heterocycles. The number of aromatic nitrogens is 2. The number of fused-ring (bicyclic) bond motifs is 1. The first-order valence-electron chi connectivity index (χ1n) is 4.61. The summed E-state index contributed by atoms with van der Waals surface area (Å²) in [4.78, 5) is 42.2. The van der Waals surface area contributed by atoms with Gasteiger partial charge in [-0.3, -0.25) is 14.4 Å². The third-order valence-electron chi connectivity index (χ3n) is 2.06. The van der Waals surface area contributed by atoms with Crippen LogP contribution >= 0.6 is 15.9 Å². The molecule has 1 aromatic rings. The van der Waals surface area contributed by atoms with Crippen molar-refractivity contribution in [2.45, 2.75) is 0 Å². The summed E-state index contributed by atoms with van der Waals surface area (Å²) in [7, 11) is 0. The van der Waals surface area contributed by atoms with E-state index in [9.17, 15) is 14.4 Å². The van der Waals surface area contributed by atoms with Gasteiger partial charge in [-0.1, -0.05) is 15.9 Å². The van der Waals surface area contributed by atoms with Gasteiger partial charge in [0.05, 0.1) is 11.0 Å². The van der Waals surface area contributed by atoms with Crippen LogP contribution in [0, 0.1) is 0 Å². The summed E-state index contributed by atoms with van der Waals surface area (Å²) in [5.74, 6) is -1.37. The summed E-state index contributed by atoms with van der Waals surface area (Å²) in [6.45, 7) is 0. The molecular formula is C10H6BrN3O3. The van der Waals surface area contributed by atoms with Crippen LogP contribution in [0.15, 0.2) is 24.2 Å². The quantitative estimate of drug-likeness (QED) is 0.790. The van der Waals surface area contributed by atoms with Crippen LogP contribution in [-0.4, -0.2) is 32.8 Å². The Bertz CT molecular complexity index is 553. The predicted octanol–water partition coefficient (Wildman–Crippen LogP) is 0.251. The Hall–Kier alpha value is -1.89. The molecule has 7 heteroatoms. The SMILES string of the molecule is O=C(CBr)NC1=CC(=O)c2nccnc2C1=O. The highest BCUT2D eigenvalue weighted by Gasteiger charge is 2.28. The molecule has 0 atom stereocenters. The largest absolute Gasteiger partial charge is 0.322 e. The zero-order chi connectivity index (χ0) is 12.4. The Kier molecular flexibility index (Phi) is 3.10. The van der Waals surface area contributed by atoms with E-state index in [-0.39, 0.29) is 22.4 Å². The lowest BCUT2D eigenvalue weighted by atomic mass is 10.0. The van der Waals surface area contributed by atoms with Gasteiger partial charge in [-0.15, -0.1) is 0 Å². The molecule has 0 saturated carbocycles. The topological polar surface area (TPSA) is 89.0 Å². The highest BCUT2D eigenvalue weighted by Crippen LogP contribution is 2.15. The first kappa shape index (κ1) is 11.6.